The lowest BCUT2D eigenvalue weighted by atomic mass is 9.83. The first-order valence-corrected chi connectivity index (χ1v) is 9.97. The van der Waals surface area contributed by atoms with Crippen LogP contribution < -0.4 is 5.32 Å². The van der Waals surface area contributed by atoms with E-state index in [1.807, 2.05) is 5.38 Å². The number of likely N-dealkylation sites (tertiary alicyclic amines) is 1. The zero-order valence-corrected chi connectivity index (χ0v) is 15.2. The van der Waals surface area contributed by atoms with Crippen LogP contribution >= 0.6 is 11.3 Å². The number of ether oxygens (including phenoxy) is 1. The Morgan fingerprint density at radius 2 is 2.23 bits per heavy atom. The Morgan fingerprint density at radius 3 is 3.04 bits per heavy atom. The lowest BCUT2D eigenvalue weighted by Crippen LogP contribution is -2.52. The molecule has 1 aromatic heterocycles. The zero-order chi connectivity index (χ0) is 17.7. The molecule has 3 fully saturated rings. The summed E-state index contributed by atoms with van der Waals surface area (Å²) in [4.78, 5) is 7.13. The van der Waals surface area contributed by atoms with E-state index >= 15 is 0 Å². The lowest BCUT2D eigenvalue weighted by molar-refractivity contribution is -0.0746. The molecule has 7 heteroatoms. The van der Waals surface area contributed by atoms with Crippen molar-refractivity contribution in [2.24, 2.45) is 11.8 Å². The van der Waals surface area contributed by atoms with E-state index in [-0.39, 0.29) is 30.0 Å². The second-order valence-corrected chi connectivity index (χ2v) is 8.55. The van der Waals surface area contributed by atoms with E-state index < -0.39 is 0 Å². The molecule has 5 rings (SSSR count). The number of hydrogen-bond donors (Lipinski definition) is 2. The van der Waals surface area contributed by atoms with Crippen molar-refractivity contribution in [2.75, 3.05) is 32.8 Å². The van der Waals surface area contributed by atoms with Crippen LogP contribution in [0.5, 0.6) is 0 Å². The first kappa shape index (κ1) is 16.8. The highest BCUT2D eigenvalue weighted by molar-refractivity contribution is 7.09. The van der Waals surface area contributed by atoms with Crippen LogP contribution in [0.15, 0.2) is 29.6 Å². The summed E-state index contributed by atoms with van der Waals surface area (Å²) in [5.41, 5.74) is 1.67. The van der Waals surface area contributed by atoms with Crippen molar-refractivity contribution in [1.29, 1.82) is 0 Å². The smallest absolute Gasteiger partial charge is 0.123 e. The number of morpholine rings is 1. The Morgan fingerprint density at radius 1 is 1.38 bits per heavy atom. The summed E-state index contributed by atoms with van der Waals surface area (Å²) in [6.45, 7) is 4.50. The maximum atomic E-state index is 13.1. The van der Waals surface area contributed by atoms with Crippen LogP contribution in [0.25, 0.3) is 11.3 Å². The maximum Gasteiger partial charge on any atom is 0.123 e. The van der Waals surface area contributed by atoms with E-state index in [9.17, 15) is 9.50 Å². The predicted octanol–water partition coefficient (Wildman–Crippen LogP) is 1.73. The number of aliphatic hydroxyl groups is 1. The number of thiazole rings is 1. The molecule has 0 aliphatic carbocycles. The SMILES string of the molecule is OC[C@H]1[C@H]2CN(Cc3nc(-c4ccc(F)cc4)cs3)C[C@]23CNC[C@H]1O3. The number of aliphatic hydroxyl groups excluding tert-OH is 1. The molecule has 2 N–H and O–H groups in total. The number of fused-ring (bicyclic) bond motifs is 1. The van der Waals surface area contributed by atoms with E-state index in [1.54, 1.807) is 23.5 Å². The average Bonchev–Trinajstić information content (AvgIpc) is 3.27. The van der Waals surface area contributed by atoms with Gasteiger partial charge in [0.1, 0.15) is 10.8 Å². The van der Waals surface area contributed by atoms with Gasteiger partial charge in [-0.25, -0.2) is 9.37 Å². The zero-order valence-electron chi connectivity index (χ0n) is 14.4. The normalized spacial score (nSPS) is 33.5. The maximum absolute atomic E-state index is 13.1. The fourth-order valence-corrected chi connectivity index (χ4v) is 5.69. The van der Waals surface area contributed by atoms with Crippen LogP contribution in [0.1, 0.15) is 5.01 Å². The van der Waals surface area contributed by atoms with Gasteiger partial charge in [-0.05, 0) is 24.3 Å². The molecule has 138 valence electrons. The van der Waals surface area contributed by atoms with Crippen LogP contribution in [0.3, 0.4) is 0 Å². The molecule has 26 heavy (non-hydrogen) atoms. The van der Waals surface area contributed by atoms with Gasteiger partial charge in [0.2, 0.25) is 0 Å². The van der Waals surface area contributed by atoms with Gasteiger partial charge in [0.25, 0.3) is 0 Å². The fraction of sp³-hybridized carbons (Fsp3) is 0.526. The first-order valence-electron chi connectivity index (χ1n) is 9.09. The molecule has 0 radical (unpaired) electrons. The van der Waals surface area contributed by atoms with Gasteiger partial charge in [-0.2, -0.15) is 0 Å². The molecule has 4 heterocycles. The summed E-state index contributed by atoms with van der Waals surface area (Å²) in [6, 6.07) is 6.46. The lowest BCUT2D eigenvalue weighted by Gasteiger charge is -2.34. The minimum absolute atomic E-state index is 0.144. The third-order valence-corrected chi connectivity index (χ3v) is 6.87. The highest BCUT2D eigenvalue weighted by Gasteiger charge is 2.60. The van der Waals surface area contributed by atoms with E-state index in [4.69, 9.17) is 9.72 Å². The molecule has 2 aromatic rings. The largest absolute Gasteiger partial charge is 0.396 e. The summed E-state index contributed by atoms with van der Waals surface area (Å²) < 4.78 is 19.4. The Labute approximate surface area is 155 Å². The molecule has 2 bridgehead atoms. The quantitative estimate of drug-likeness (QED) is 0.852. The summed E-state index contributed by atoms with van der Waals surface area (Å²) in [5, 5.41) is 16.4. The molecular weight excluding hydrogens is 353 g/mol. The highest BCUT2D eigenvalue weighted by Crippen LogP contribution is 2.47. The predicted molar refractivity (Wildman–Crippen MR) is 97.3 cm³/mol. The minimum Gasteiger partial charge on any atom is -0.396 e. The van der Waals surface area contributed by atoms with Crippen molar-refractivity contribution >= 4 is 11.3 Å². The molecule has 3 aliphatic rings. The van der Waals surface area contributed by atoms with E-state index in [0.717, 1.165) is 49.0 Å². The first-order chi connectivity index (χ1) is 12.7. The van der Waals surface area contributed by atoms with Gasteiger partial charge >= 0.3 is 0 Å². The van der Waals surface area contributed by atoms with Crippen molar-refractivity contribution in [2.45, 2.75) is 18.2 Å². The van der Waals surface area contributed by atoms with Crippen LogP contribution in [-0.2, 0) is 11.3 Å². The number of nitrogens with zero attached hydrogens (tertiary/aromatic N) is 2. The second-order valence-electron chi connectivity index (χ2n) is 7.61. The van der Waals surface area contributed by atoms with Crippen molar-refractivity contribution in [1.82, 2.24) is 15.2 Å². The van der Waals surface area contributed by atoms with Crippen molar-refractivity contribution in [3.63, 3.8) is 0 Å². The minimum atomic E-state index is -0.232. The number of hydrogen-bond acceptors (Lipinski definition) is 6. The van der Waals surface area contributed by atoms with E-state index in [2.05, 4.69) is 10.2 Å². The molecule has 1 aromatic carbocycles. The summed E-state index contributed by atoms with van der Waals surface area (Å²) >= 11 is 1.64. The highest BCUT2D eigenvalue weighted by atomic mass is 32.1. The fourth-order valence-electron chi connectivity index (χ4n) is 4.84. The second kappa shape index (κ2) is 6.35. The monoisotopic (exact) mass is 375 g/mol. The average molecular weight is 375 g/mol. The Balaban J connectivity index is 1.30. The van der Waals surface area contributed by atoms with Gasteiger partial charge in [-0.15, -0.1) is 11.3 Å². The molecule has 1 spiro atoms. The molecule has 5 nitrogen and oxygen atoms in total. The Hall–Kier alpha value is -1.38. The summed E-state index contributed by atoms with van der Waals surface area (Å²) in [7, 11) is 0. The Kier molecular flexibility index (Phi) is 4.10. The molecular formula is C19H22FN3O2S. The van der Waals surface area contributed by atoms with Crippen molar-refractivity contribution < 1.29 is 14.2 Å². The van der Waals surface area contributed by atoms with Gasteiger partial charge in [-0.3, -0.25) is 4.90 Å². The van der Waals surface area contributed by atoms with Crippen LogP contribution in [0, 0.1) is 17.7 Å². The third-order valence-electron chi connectivity index (χ3n) is 6.03. The molecule has 3 aliphatic heterocycles. The van der Waals surface area contributed by atoms with Gasteiger partial charge in [-0.1, -0.05) is 0 Å². The van der Waals surface area contributed by atoms with Gasteiger partial charge < -0.3 is 15.2 Å². The van der Waals surface area contributed by atoms with Gasteiger partial charge in [0.15, 0.2) is 0 Å². The topological polar surface area (TPSA) is 57.6 Å². The summed E-state index contributed by atoms with van der Waals surface area (Å²) in [5.74, 6) is 0.370. The van der Waals surface area contributed by atoms with Gasteiger partial charge in [0.05, 0.1) is 23.9 Å². The standard InChI is InChI=1S/C19H22FN3O2S/c20-13-3-1-12(2-4-13)16-9-26-18(22-16)7-23-6-15-14(8-24)17-5-21-10-19(15,11-23)25-17/h1-4,9,14-15,17,21,24H,5-8,10-11H2/t14-,15+,17+,19+/m0/s1. The number of benzene rings is 1. The van der Waals surface area contributed by atoms with Crippen LogP contribution in [-0.4, -0.2) is 59.5 Å². The van der Waals surface area contributed by atoms with Crippen molar-refractivity contribution in [3.05, 3.63) is 40.5 Å². The molecule has 3 saturated heterocycles. The number of nitrogens with one attached hydrogen (secondary N) is 1. The summed E-state index contributed by atoms with van der Waals surface area (Å²) in [6.07, 6.45) is 0.144. The van der Waals surface area contributed by atoms with E-state index in [0.29, 0.717) is 5.92 Å². The van der Waals surface area contributed by atoms with E-state index in [1.165, 1.54) is 12.1 Å². The number of rotatable bonds is 4. The molecule has 0 saturated carbocycles. The molecule has 0 unspecified atom stereocenters. The third kappa shape index (κ3) is 2.70. The molecule has 0 amide bonds. The van der Waals surface area contributed by atoms with Crippen molar-refractivity contribution in [3.8, 4) is 11.3 Å². The molecule has 4 atom stereocenters. The number of aromatic nitrogens is 1. The number of halogens is 1. The van der Waals surface area contributed by atoms with Gasteiger partial charge in [0, 0.05) is 55.6 Å². The van der Waals surface area contributed by atoms with Crippen LogP contribution in [0.2, 0.25) is 0 Å². The van der Waals surface area contributed by atoms with Crippen LogP contribution in [0.4, 0.5) is 4.39 Å². The Bertz CT molecular complexity index is 798.